The molecule has 4 nitrogen and oxygen atoms in total. The van der Waals surface area contributed by atoms with Gasteiger partial charge in [0.15, 0.2) is 0 Å². The molecule has 0 radical (unpaired) electrons. The SMILES string of the molecule is Cc1cc(C)c(C(=O)NCC(O)C(C)O)c(C)c1. The summed E-state index contributed by atoms with van der Waals surface area (Å²) in [7, 11) is 0. The highest BCUT2D eigenvalue weighted by atomic mass is 16.3. The van der Waals surface area contributed by atoms with E-state index in [0.29, 0.717) is 5.56 Å². The molecule has 1 rings (SSSR count). The van der Waals surface area contributed by atoms with E-state index in [0.717, 1.165) is 16.7 Å². The molecule has 1 aromatic carbocycles. The average molecular weight is 251 g/mol. The first-order chi connectivity index (χ1) is 8.32. The summed E-state index contributed by atoms with van der Waals surface area (Å²) < 4.78 is 0. The lowest BCUT2D eigenvalue weighted by atomic mass is 9.99. The normalized spacial score (nSPS) is 14.1. The quantitative estimate of drug-likeness (QED) is 0.750. The Labute approximate surface area is 108 Å². The topological polar surface area (TPSA) is 69.6 Å². The number of aliphatic hydroxyl groups excluding tert-OH is 2. The van der Waals surface area contributed by atoms with Gasteiger partial charge in [-0.15, -0.1) is 0 Å². The van der Waals surface area contributed by atoms with E-state index in [1.807, 2.05) is 32.9 Å². The number of carbonyl (C=O) groups excluding carboxylic acids is 1. The van der Waals surface area contributed by atoms with Gasteiger partial charge in [-0.3, -0.25) is 4.79 Å². The molecule has 18 heavy (non-hydrogen) atoms. The lowest BCUT2D eigenvalue weighted by molar-refractivity contribution is 0.0314. The number of amides is 1. The molecule has 0 bridgehead atoms. The maximum Gasteiger partial charge on any atom is 0.251 e. The molecule has 1 aromatic rings. The molecular formula is C14H21NO3. The van der Waals surface area contributed by atoms with Crippen LogP contribution in [0.4, 0.5) is 0 Å². The smallest absolute Gasteiger partial charge is 0.251 e. The highest BCUT2D eigenvalue weighted by Crippen LogP contribution is 2.16. The second kappa shape index (κ2) is 5.98. The summed E-state index contributed by atoms with van der Waals surface area (Å²) in [5.41, 5.74) is 3.58. The average Bonchev–Trinajstić information content (AvgIpc) is 2.24. The summed E-state index contributed by atoms with van der Waals surface area (Å²) in [6.07, 6.45) is -1.80. The van der Waals surface area contributed by atoms with E-state index in [2.05, 4.69) is 5.32 Å². The van der Waals surface area contributed by atoms with Crippen LogP contribution in [-0.4, -0.2) is 34.9 Å². The van der Waals surface area contributed by atoms with Gasteiger partial charge in [0.25, 0.3) is 5.91 Å². The fourth-order valence-electron chi connectivity index (χ4n) is 1.99. The molecule has 100 valence electrons. The zero-order valence-corrected chi connectivity index (χ0v) is 11.3. The van der Waals surface area contributed by atoms with Crippen LogP contribution in [0.1, 0.15) is 34.0 Å². The van der Waals surface area contributed by atoms with Gasteiger partial charge in [-0.2, -0.15) is 0 Å². The van der Waals surface area contributed by atoms with Crippen LogP contribution in [0, 0.1) is 20.8 Å². The van der Waals surface area contributed by atoms with Gasteiger partial charge in [0.1, 0.15) is 0 Å². The van der Waals surface area contributed by atoms with Gasteiger partial charge in [0.05, 0.1) is 12.2 Å². The molecule has 0 aromatic heterocycles. The summed E-state index contributed by atoms with van der Waals surface area (Å²) in [5, 5.41) is 21.2. The minimum atomic E-state index is -0.944. The second-order valence-electron chi connectivity index (χ2n) is 4.79. The minimum absolute atomic E-state index is 0.0449. The van der Waals surface area contributed by atoms with Crippen LogP contribution in [0.2, 0.25) is 0 Å². The van der Waals surface area contributed by atoms with Crippen molar-refractivity contribution in [1.82, 2.24) is 5.32 Å². The predicted octanol–water partition coefficient (Wildman–Crippen LogP) is 1.08. The monoisotopic (exact) mass is 251 g/mol. The molecule has 0 spiro atoms. The van der Waals surface area contributed by atoms with Gasteiger partial charge < -0.3 is 15.5 Å². The molecule has 0 fully saturated rings. The van der Waals surface area contributed by atoms with Gasteiger partial charge in [0.2, 0.25) is 0 Å². The Morgan fingerprint density at radius 3 is 2.17 bits per heavy atom. The van der Waals surface area contributed by atoms with Crippen molar-refractivity contribution < 1.29 is 15.0 Å². The van der Waals surface area contributed by atoms with E-state index >= 15 is 0 Å². The van der Waals surface area contributed by atoms with Gasteiger partial charge in [0, 0.05) is 12.1 Å². The first-order valence-corrected chi connectivity index (χ1v) is 6.05. The second-order valence-corrected chi connectivity index (χ2v) is 4.79. The van der Waals surface area contributed by atoms with Crippen LogP contribution >= 0.6 is 0 Å². The van der Waals surface area contributed by atoms with E-state index < -0.39 is 12.2 Å². The summed E-state index contributed by atoms with van der Waals surface area (Å²) in [4.78, 5) is 12.0. The van der Waals surface area contributed by atoms with E-state index in [-0.39, 0.29) is 12.5 Å². The van der Waals surface area contributed by atoms with Crippen molar-refractivity contribution in [2.24, 2.45) is 0 Å². The molecule has 0 aliphatic rings. The highest BCUT2D eigenvalue weighted by Gasteiger charge is 2.16. The van der Waals surface area contributed by atoms with Crippen LogP contribution < -0.4 is 5.32 Å². The molecule has 0 aliphatic heterocycles. The molecule has 0 saturated heterocycles. The largest absolute Gasteiger partial charge is 0.391 e. The Kier molecular flexibility index (Phi) is 4.87. The predicted molar refractivity (Wildman–Crippen MR) is 70.7 cm³/mol. The van der Waals surface area contributed by atoms with Crippen molar-refractivity contribution in [3.63, 3.8) is 0 Å². The molecule has 3 N–H and O–H groups in total. The number of benzene rings is 1. The van der Waals surface area contributed by atoms with Crippen molar-refractivity contribution in [3.8, 4) is 0 Å². The van der Waals surface area contributed by atoms with Crippen molar-refractivity contribution in [2.75, 3.05) is 6.54 Å². The number of nitrogens with one attached hydrogen (secondary N) is 1. The Bertz CT molecular complexity index is 418. The van der Waals surface area contributed by atoms with Crippen LogP contribution in [0.15, 0.2) is 12.1 Å². The maximum absolute atomic E-state index is 12.0. The van der Waals surface area contributed by atoms with E-state index in [9.17, 15) is 9.90 Å². The molecule has 0 aliphatic carbocycles. The zero-order valence-electron chi connectivity index (χ0n) is 11.3. The molecule has 1 amide bonds. The minimum Gasteiger partial charge on any atom is -0.391 e. The number of aliphatic hydroxyl groups is 2. The van der Waals surface area contributed by atoms with Crippen molar-refractivity contribution in [2.45, 2.75) is 39.9 Å². The molecule has 0 saturated carbocycles. The molecule has 2 atom stereocenters. The van der Waals surface area contributed by atoms with Crippen LogP contribution in [-0.2, 0) is 0 Å². The van der Waals surface area contributed by atoms with Crippen molar-refractivity contribution in [1.29, 1.82) is 0 Å². The van der Waals surface area contributed by atoms with Gasteiger partial charge in [-0.05, 0) is 38.8 Å². The van der Waals surface area contributed by atoms with E-state index in [4.69, 9.17) is 5.11 Å². The fourth-order valence-corrected chi connectivity index (χ4v) is 1.99. The lowest BCUT2D eigenvalue weighted by Crippen LogP contribution is -2.38. The third-order valence-electron chi connectivity index (χ3n) is 2.93. The van der Waals surface area contributed by atoms with E-state index in [1.54, 1.807) is 0 Å². The highest BCUT2D eigenvalue weighted by molar-refractivity contribution is 5.97. The Hall–Kier alpha value is -1.39. The summed E-state index contributed by atoms with van der Waals surface area (Å²) >= 11 is 0. The fraction of sp³-hybridized carbons (Fsp3) is 0.500. The van der Waals surface area contributed by atoms with Gasteiger partial charge in [-0.1, -0.05) is 17.7 Å². The number of hydrogen-bond acceptors (Lipinski definition) is 3. The van der Waals surface area contributed by atoms with Crippen molar-refractivity contribution in [3.05, 3.63) is 34.4 Å². The number of aryl methyl sites for hydroxylation is 3. The summed E-state index contributed by atoms with van der Waals surface area (Å²) in [5.74, 6) is -0.218. The first-order valence-electron chi connectivity index (χ1n) is 6.05. The number of carbonyl (C=O) groups is 1. The van der Waals surface area contributed by atoms with Crippen molar-refractivity contribution >= 4 is 5.91 Å². The molecule has 4 heteroatoms. The molecule has 2 unspecified atom stereocenters. The summed E-state index contributed by atoms with van der Waals surface area (Å²) in [6, 6.07) is 3.90. The molecular weight excluding hydrogens is 230 g/mol. The Balaban J connectivity index is 2.79. The Morgan fingerprint density at radius 1 is 1.22 bits per heavy atom. The first kappa shape index (κ1) is 14.7. The summed E-state index contributed by atoms with van der Waals surface area (Å²) in [6.45, 7) is 7.29. The maximum atomic E-state index is 12.0. The lowest BCUT2D eigenvalue weighted by Gasteiger charge is -2.16. The molecule has 0 heterocycles. The zero-order chi connectivity index (χ0) is 13.9. The van der Waals surface area contributed by atoms with Crippen LogP contribution in [0.25, 0.3) is 0 Å². The Morgan fingerprint density at radius 2 is 1.72 bits per heavy atom. The standard InChI is InChI=1S/C14H21NO3/c1-8-5-9(2)13(10(3)6-8)14(18)15-7-12(17)11(4)16/h5-6,11-12,16-17H,7H2,1-4H3,(H,15,18). The third-order valence-corrected chi connectivity index (χ3v) is 2.93. The van der Waals surface area contributed by atoms with Gasteiger partial charge in [-0.25, -0.2) is 0 Å². The number of hydrogen-bond donors (Lipinski definition) is 3. The van der Waals surface area contributed by atoms with Gasteiger partial charge >= 0.3 is 0 Å². The third kappa shape index (κ3) is 3.55. The van der Waals surface area contributed by atoms with Crippen LogP contribution in [0.3, 0.4) is 0 Å². The van der Waals surface area contributed by atoms with Crippen LogP contribution in [0.5, 0.6) is 0 Å². The van der Waals surface area contributed by atoms with E-state index in [1.165, 1.54) is 6.92 Å². The number of rotatable bonds is 4.